The van der Waals surface area contributed by atoms with Gasteiger partial charge in [-0.1, -0.05) is 25.1 Å². The van der Waals surface area contributed by atoms with Gasteiger partial charge < -0.3 is 9.32 Å². The minimum atomic E-state index is -0.0257. The van der Waals surface area contributed by atoms with Gasteiger partial charge in [0.15, 0.2) is 0 Å². The molecule has 110 valence electrons. The molecule has 0 spiro atoms. The van der Waals surface area contributed by atoms with Crippen molar-refractivity contribution in [2.75, 3.05) is 4.90 Å². The lowest BCUT2D eigenvalue weighted by Gasteiger charge is -2.61. The van der Waals surface area contributed by atoms with Crippen LogP contribution in [0.4, 0.5) is 5.69 Å². The van der Waals surface area contributed by atoms with Gasteiger partial charge in [-0.25, -0.2) is 0 Å². The molecule has 2 nitrogen and oxygen atoms in total. The molecule has 1 aliphatic carbocycles. The van der Waals surface area contributed by atoms with E-state index < -0.39 is 0 Å². The molecule has 21 heavy (non-hydrogen) atoms. The Labute approximate surface area is 126 Å². The zero-order chi connectivity index (χ0) is 14.8. The highest BCUT2D eigenvalue weighted by Crippen LogP contribution is 2.58. The molecule has 1 aromatic carbocycles. The molecule has 2 heteroatoms. The second-order valence-electron chi connectivity index (χ2n) is 7.19. The van der Waals surface area contributed by atoms with Gasteiger partial charge in [-0.3, -0.25) is 0 Å². The standard InChI is InChI=1S/C19H23NO/c1-13-7-5-6-8-16(13)20-14(2)18(3)10-11-19(20,4)17-15(18)9-12-21-17/h5-9,12,14H,10-11H2,1-4H3/t14-,18?,19?/m0/s1. The van der Waals surface area contributed by atoms with E-state index in [0.717, 1.165) is 6.42 Å². The molecule has 0 amide bonds. The van der Waals surface area contributed by atoms with E-state index in [1.165, 1.54) is 29.0 Å². The average Bonchev–Trinajstić information content (AvgIpc) is 2.96. The molecule has 2 aliphatic heterocycles. The maximum Gasteiger partial charge on any atom is 0.132 e. The van der Waals surface area contributed by atoms with Crippen LogP contribution in [-0.4, -0.2) is 6.04 Å². The molecule has 3 atom stereocenters. The van der Waals surface area contributed by atoms with Crippen LogP contribution >= 0.6 is 0 Å². The van der Waals surface area contributed by atoms with Crippen molar-refractivity contribution in [3.05, 3.63) is 53.5 Å². The molecular weight excluding hydrogens is 258 g/mol. The lowest BCUT2D eigenvalue weighted by molar-refractivity contribution is 0.140. The van der Waals surface area contributed by atoms with Gasteiger partial charge in [-0.05, 0) is 51.3 Å². The van der Waals surface area contributed by atoms with Gasteiger partial charge >= 0.3 is 0 Å². The second kappa shape index (κ2) is 3.94. The maximum absolute atomic E-state index is 5.96. The monoisotopic (exact) mass is 281 g/mol. The van der Waals surface area contributed by atoms with Crippen LogP contribution in [-0.2, 0) is 11.0 Å². The van der Waals surface area contributed by atoms with Crippen molar-refractivity contribution >= 4 is 5.69 Å². The van der Waals surface area contributed by atoms with Crippen LogP contribution in [0.3, 0.4) is 0 Å². The summed E-state index contributed by atoms with van der Waals surface area (Å²) in [7, 11) is 0. The molecule has 2 aromatic rings. The smallest absolute Gasteiger partial charge is 0.132 e. The van der Waals surface area contributed by atoms with Gasteiger partial charge in [0.1, 0.15) is 5.76 Å². The topological polar surface area (TPSA) is 16.4 Å². The number of hydrogen-bond acceptors (Lipinski definition) is 2. The van der Waals surface area contributed by atoms with Crippen LogP contribution < -0.4 is 4.90 Å². The summed E-state index contributed by atoms with van der Waals surface area (Å²) in [4.78, 5) is 2.61. The van der Waals surface area contributed by atoms with Crippen molar-refractivity contribution in [1.82, 2.24) is 0 Å². The highest BCUT2D eigenvalue weighted by atomic mass is 16.3. The SMILES string of the molecule is Cc1ccccc1N1[C@@H](C)C2(C)CCC1(C)c1occc12. The van der Waals surface area contributed by atoms with Gasteiger partial charge in [-0.2, -0.15) is 0 Å². The van der Waals surface area contributed by atoms with Crippen molar-refractivity contribution in [1.29, 1.82) is 0 Å². The number of nitrogens with zero attached hydrogens (tertiary/aromatic N) is 1. The first-order valence-electron chi connectivity index (χ1n) is 7.92. The van der Waals surface area contributed by atoms with Crippen LogP contribution in [0, 0.1) is 6.92 Å². The molecule has 1 fully saturated rings. The Morgan fingerprint density at radius 2 is 1.90 bits per heavy atom. The number of anilines is 1. The molecule has 3 heterocycles. The maximum atomic E-state index is 5.96. The third-order valence-electron chi connectivity index (χ3n) is 6.12. The first-order chi connectivity index (χ1) is 9.98. The lowest BCUT2D eigenvalue weighted by atomic mass is 9.59. The number of piperidine rings is 1. The Balaban J connectivity index is 1.97. The van der Waals surface area contributed by atoms with Crippen molar-refractivity contribution in [2.45, 2.75) is 57.5 Å². The van der Waals surface area contributed by atoms with Crippen LogP contribution in [0.2, 0.25) is 0 Å². The molecule has 0 radical (unpaired) electrons. The van der Waals surface area contributed by atoms with Crippen molar-refractivity contribution < 1.29 is 4.42 Å². The van der Waals surface area contributed by atoms with Gasteiger partial charge in [0.05, 0.1) is 11.8 Å². The number of hydrogen-bond donors (Lipinski definition) is 0. The third kappa shape index (κ3) is 1.43. The summed E-state index contributed by atoms with van der Waals surface area (Å²) in [6.45, 7) is 9.33. The molecule has 0 saturated carbocycles. The number of benzene rings is 1. The van der Waals surface area contributed by atoms with E-state index in [2.05, 4.69) is 62.9 Å². The van der Waals surface area contributed by atoms with Crippen molar-refractivity contribution in [3.63, 3.8) is 0 Å². The molecule has 2 bridgehead atoms. The lowest BCUT2D eigenvalue weighted by Crippen LogP contribution is -2.65. The van der Waals surface area contributed by atoms with E-state index in [4.69, 9.17) is 4.42 Å². The average molecular weight is 281 g/mol. The Bertz CT molecular complexity index is 703. The molecule has 1 saturated heterocycles. The zero-order valence-corrected chi connectivity index (χ0v) is 13.3. The van der Waals surface area contributed by atoms with E-state index in [-0.39, 0.29) is 11.0 Å². The predicted octanol–water partition coefficient (Wildman–Crippen LogP) is 4.76. The third-order valence-corrected chi connectivity index (χ3v) is 6.12. The normalized spacial score (nSPS) is 34.1. The van der Waals surface area contributed by atoms with Crippen LogP contribution in [0.15, 0.2) is 41.0 Å². The Morgan fingerprint density at radius 3 is 2.67 bits per heavy atom. The van der Waals surface area contributed by atoms with E-state index in [1.54, 1.807) is 0 Å². The summed E-state index contributed by atoms with van der Waals surface area (Å²) in [6.07, 6.45) is 4.27. The fourth-order valence-corrected chi connectivity index (χ4v) is 4.61. The van der Waals surface area contributed by atoms with E-state index in [1.807, 2.05) is 6.26 Å². The fourth-order valence-electron chi connectivity index (χ4n) is 4.61. The Kier molecular flexibility index (Phi) is 2.44. The highest BCUT2D eigenvalue weighted by Gasteiger charge is 2.58. The molecule has 5 rings (SSSR count). The number of fused-ring (bicyclic) bond motifs is 2. The van der Waals surface area contributed by atoms with E-state index in [0.29, 0.717) is 6.04 Å². The quantitative estimate of drug-likeness (QED) is 0.749. The Morgan fingerprint density at radius 1 is 1.14 bits per heavy atom. The predicted molar refractivity (Wildman–Crippen MR) is 85.8 cm³/mol. The summed E-state index contributed by atoms with van der Waals surface area (Å²) < 4.78 is 5.96. The highest BCUT2D eigenvalue weighted by molar-refractivity contribution is 5.62. The summed E-state index contributed by atoms with van der Waals surface area (Å²) in [5.74, 6) is 1.18. The summed E-state index contributed by atoms with van der Waals surface area (Å²) >= 11 is 0. The van der Waals surface area contributed by atoms with Crippen molar-refractivity contribution in [3.8, 4) is 0 Å². The van der Waals surface area contributed by atoms with E-state index in [9.17, 15) is 0 Å². The number of aryl methyl sites for hydroxylation is 1. The molecule has 2 unspecified atom stereocenters. The molecule has 3 aliphatic rings. The van der Waals surface area contributed by atoms with Gasteiger partial charge in [-0.15, -0.1) is 0 Å². The molecule has 0 N–H and O–H groups in total. The van der Waals surface area contributed by atoms with Crippen molar-refractivity contribution in [2.24, 2.45) is 0 Å². The first kappa shape index (κ1) is 13.0. The second-order valence-corrected chi connectivity index (χ2v) is 7.19. The molecular formula is C19H23NO. The summed E-state index contributed by atoms with van der Waals surface area (Å²) in [6, 6.07) is 11.4. The number of para-hydroxylation sites is 1. The van der Waals surface area contributed by atoms with E-state index >= 15 is 0 Å². The van der Waals surface area contributed by atoms with Gasteiger partial charge in [0.2, 0.25) is 0 Å². The van der Waals surface area contributed by atoms with Crippen LogP contribution in [0.5, 0.6) is 0 Å². The number of furan rings is 1. The van der Waals surface area contributed by atoms with Crippen LogP contribution in [0.25, 0.3) is 0 Å². The fraction of sp³-hybridized carbons (Fsp3) is 0.474. The van der Waals surface area contributed by atoms with Gasteiger partial charge in [0, 0.05) is 22.7 Å². The largest absolute Gasteiger partial charge is 0.467 e. The minimum absolute atomic E-state index is 0.0257. The first-order valence-corrected chi connectivity index (χ1v) is 7.92. The Hall–Kier alpha value is -1.70. The summed E-state index contributed by atoms with van der Waals surface area (Å²) in [5.41, 5.74) is 4.27. The molecule has 1 aromatic heterocycles. The van der Waals surface area contributed by atoms with Crippen LogP contribution in [0.1, 0.15) is 50.5 Å². The minimum Gasteiger partial charge on any atom is -0.467 e. The number of rotatable bonds is 1. The zero-order valence-electron chi connectivity index (χ0n) is 13.3. The summed E-state index contributed by atoms with van der Waals surface area (Å²) in [5, 5.41) is 0. The van der Waals surface area contributed by atoms with Gasteiger partial charge in [0.25, 0.3) is 0 Å².